The van der Waals surface area contributed by atoms with Gasteiger partial charge >= 0.3 is 0 Å². The van der Waals surface area contributed by atoms with Gasteiger partial charge in [-0.25, -0.2) is 9.97 Å². The molecule has 11 heteroatoms. The van der Waals surface area contributed by atoms with Crippen LogP contribution in [0.1, 0.15) is 72.6 Å². The number of rotatable bonds is 11. The largest absolute Gasteiger partial charge is 0.340 e. The number of hydrogen-bond acceptors (Lipinski definition) is 7. The van der Waals surface area contributed by atoms with Gasteiger partial charge in [0, 0.05) is 24.8 Å². The first-order chi connectivity index (χ1) is 27.3. The molecule has 11 nitrogen and oxygen atoms in total. The molecule has 0 aliphatic carbocycles. The molecule has 2 aliphatic heterocycles. The zero-order chi connectivity index (χ0) is 38.8. The van der Waals surface area contributed by atoms with E-state index in [9.17, 15) is 9.59 Å². The summed E-state index contributed by atoms with van der Waals surface area (Å²) in [5, 5.41) is 0. The van der Waals surface area contributed by atoms with Crippen LogP contribution in [-0.2, 0) is 9.59 Å². The predicted octanol–water partition coefficient (Wildman–Crippen LogP) is 7.46. The van der Waals surface area contributed by atoms with E-state index in [0.717, 1.165) is 82.2 Å². The minimum atomic E-state index is -0.354. The number of pyridine rings is 1. The van der Waals surface area contributed by atoms with Crippen LogP contribution >= 0.6 is 0 Å². The fourth-order valence-corrected chi connectivity index (χ4v) is 8.39. The molecule has 2 fully saturated rings. The highest BCUT2D eigenvalue weighted by atomic mass is 16.2. The van der Waals surface area contributed by atoms with Crippen molar-refractivity contribution in [3.63, 3.8) is 0 Å². The van der Waals surface area contributed by atoms with Gasteiger partial charge in [-0.2, -0.15) is 0 Å². The monoisotopic (exact) mass is 747 g/mol. The van der Waals surface area contributed by atoms with Gasteiger partial charge in [0.15, 0.2) is 0 Å². The van der Waals surface area contributed by atoms with Crippen LogP contribution in [-0.4, -0.2) is 97.6 Å². The first-order valence-electron chi connectivity index (χ1n) is 19.5. The molecule has 0 unspecified atom stereocenters. The molecule has 0 spiro atoms. The van der Waals surface area contributed by atoms with E-state index in [0.29, 0.717) is 13.1 Å². The van der Waals surface area contributed by atoms with Crippen LogP contribution in [0.25, 0.3) is 33.8 Å². The zero-order valence-electron chi connectivity index (χ0n) is 32.5. The number of likely N-dealkylation sites (N-methyl/N-ethyl adjacent to an activating group) is 2. The molecule has 0 radical (unpaired) electrons. The minimum absolute atomic E-state index is 0.0906. The number of H-pyrrole nitrogens is 2. The van der Waals surface area contributed by atoms with E-state index in [1.807, 2.05) is 133 Å². The lowest BCUT2D eigenvalue weighted by molar-refractivity contribution is -0.138. The predicted molar refractivity (Wildman–Crippen MR) is 218 cm³/mol. The van der Waals surface area contributed by atoms with Gasteiger partial charge in [-0.05, 0) is 82.2 Å². The van der Waals surface area contributed by atoms with Crippen molar-refractivity contribution in [3.05, 3.63) is 138 Å². The molecule has 4 atom stereocenters. The molecule has 0 bridgehead atoms. The van der Waals surface area contributed by atoms with Crippen molar-refractivity contribution in [2.75, 3.05) is 41.3 Å². The first kappa shape index (κ1) is 37.0. The fraction of sp³-hybridized carbons (Fsp3) is 0.311. The lowest BCUT2D eigenvalue weighted by atomic mass is 10.0. The van der Waals surface area contributed by atoms with Crippen LogP contribution in [0.4, 0.5) is 0 Å². The molecule has 3 aromatic heterocycles. The van der Waals surface area contributed by atoms with Crippen LogP contribution in [0, 0.1) is 0 Å². The van der Waals surface area contributed by atoms with Crippen molar-refractivity contribution in [2.24, 2.45) is 0 Å². The van der Waals surface area contributed by atoms with Gasteiger partial charge in [0.05, 0.1) is 41.6 Å². The molecular formula is C45H49N9O2. The second-order valence-electron chi connectivity index (χ2n) is 15.3. The second-order valence-corrected chi connectivity index (χ2v) is 15.3. The van der Waals surface area contributed by atoms with Crippen molar-refractivity contribution in [2.45, 2.75) is 49.9 Å². The van der Waals surface area contributed by atoms with Gasteiger partial charge in [-0.1, -0.05) is 91.0 Å². The number of amides is 2. The van der Waals surface area contributed by atoms with Gasteiger partial charge in [0.2, 0.25) is 11.8 Å². The maximum absolute atomic E-state index is 13.9. The summed E-state index contributed by atoms with van der Waals surface area (Å²) in [5.74, 6) is 1.80. The molecule has 2 amide bonds. The van der Waals surface area contributed by atoms with Gasteiger partial charge in [0.1, 0.15) is 23.7 Å². The molecule has 8 rings (SSSR count). The Kier molecular flexibility index (Phi) is 10.6. The van der Waals surface area contributed by atoms with Gasteiger partial charge in [0.25, 0.3) is 0 Å². The standard InChI is InChI=1S/C45H49N9O2/c1-51(2)40(32-13-7-5-8-14-32)44(55)53-25-11-17-38(53)42-47-28-36(49-42)31-21-19-30(20-22-31)34-23-24-35(46-27-34)37-29-48-43(50-37)39-18-12-26-54(39)45(56)41(52(3)4)33-15-9-6-10-16-33/h5-10,13-16,19-24,27-29,38-41H,11-12,17-18,25-26H2,1-4H3,(H,47,49)(H,48,50)/t38-,39-,40+,41+/m0/s1. The summed E-state index contributed by atoms with van der Waals surface area (Å²) in [4.78, 5) is 57.1. The summed E-state index contributed by atoms with van der Waals surface area (Å²) in [6, 6.07) is 31.5. The van der Waals surface area contributed by atoms with E-state index < -0.39 is 0 Å². The van der Waals surface area contributed by atoms with E-state index in [1.54, 1.807) is 0 Å². The number of nitrogens with zero attached hydrogens (tertiary/aromatic N) is 7. The number of benzene rings is 3. The Morgan fingerprint density at radius 1 is 0.571 bits per heavy atom. The number of hydrogen-bond donors (Lipinski definition) is 2. The highest BCUT2D eigenvalue weighted by Gasteiger charge is 2.38. The molecule has 6 aromatic rings. The number of carbonyl (C=O) groups is 2. The summed E-state index contributed by atoms with van der Waals surface area (Å²) in [6.45, 7) is 1.42. The van der Waals surface area contributed by atoms with E-state index in [1.165, 1.54) is 0 Å². The van der Waals surface area contributed by atoms with Crippen molar-refractivity contribution in [3.8, 4) is 33.8 Å². The fourth-order valence-electron chi connectivity index (χ4n) is 8.39. The molecule has 3 aromatic carbocycles. The number of nitrogens with one attached hydrogen (secondary N) is 2. The molecule has 2 N–H and O–H groups in total. The van der Waals surface area contributed by atoms with E-state index in [4.69, 9.17) is 15.0 Å². The van der Waals surface area contributed by atoms with Crippen LogP contribution < -0.4 is 0 Å². The Hall–Kier alpha value is -5.91. The Morgan fingerprint density at radius 3 is 1.52 bits per heavy atom. The van der Waals surface area contributed by atoms with Crippen LogP contribution in [0.2, 0.25) is 0 Å². The van der Waals surface area contributed by atoms with Crippen molar-refractivity contribution >= 4 is 11.8 Å². The molecule has 56 heavy (non-hydrogen) atoms. The third-order valence-corrected chi connectivity index (χ3v) is 11.2. The SMILES string of the molecule is CN(C)[C@@H](C(=O)N1CCC[C@H]1c1ncc(-c2ccc(-c3ccc(-c4cnc([C@@H]5CCCN5C(=O)[C@@H](c5ccccc5)N(C)C)[nH]4)nc3)cc2)[nH]1)c1ccccc1. The number of aromatic amines is 2. The summed E-state index contributed by atoms with van der Waals surface area (Å²) >= 11 is 0. The average molecular weight is 748 g/mol. The maximum Gasteiger partial charge on any atom is 0.245 e. The highest BCUT2D eigenvalue weighted by Crippen LogP contribution is 2.37. The molecule has 2 saturated heterocycles. The number of carbonyl (C=O) groups excluding carboxylic acids is 2. The van der Waals surface area contributed by atoms with E-state index in [2.05, 4.69) is 40.3 Å². The Bertz CT molecular complexity index is 2090. The summed E-state index contributed by atoms with van der Waals surface area (Å²) in [6.07, 6.45) is 9.18. The molecular weight excluding hydrogens is 699 g/mol. The van der Waals surface area contributed by atoms with Crippen molar-refractivity contribution < 1.29 is 9.59 Å². The van der Waals surface area contributed by atoms with Gasteiger partial charge < -0.3 is 19.8 Å². The molecule has 5 heterocycles. The lowest BCUT2D eigenvalue weighted by Crippen LogP contribution is -2.40. The third-order valence-electron chi connectivity index (χ3n) is 11.2. The Morgan fingerprint density at radius 2 is 1.04 bits per heavy atom. The quantitative estimate of drug-likeness (QED) is 0.141. The van der Waals surface area contributed by atoms with Crippen LogP contribution in [0.5, 0.6) is 0 Å². The summed E-state index contributed by atoms with van der Waals surface area (Å²) < 4.78 is 0. The number of likely N-dealkylation sites (tertiary alicyclic amines) is 2. The Balaban J connectivity index is 0.930. The Labute approximate surface area is 328 Å². The summed E-state index contributed by atoms with van der Waals surface area (Å²) in [5.41, 5.74) is 7.59. The van der Waals surface area contributed by atoms with E-state index >= 15 is 0 Å². The van der Waals surface area contributed by atoms with Crippen molar-refractivity contribution in [1.29, 1.82) is 0 Å². The first-order valence-corrected chi connectivity index (χ1v) is 19.5. The third kappa shape index (κ3) is 7.39. The van der Waals surface area contributed by atoms with E-state index in [-0.39, 0.29) is 36.0 Å². The van der Waals surface area contributed by atoms with Crippen LogP contribution in [0.15, 0.2) is 116 Å². The average Bonchev–Trinajstić information content (AvgIpc) is 4.06. The summed E-state index contributed by atoms with van der Waals surface area (Å²) in [7, 11) is 7.82. The van der Waals surface area contributed by atoms with Gasteiger partial charge in [-0.3, -0.25) is 24.4 Å². The highest BCUT2D eigenvalue weighted by molar-refractivity contribution is 5.84. The maximum atomic E-state index is 13.9. The van der Waals surface area contributed by atoms with Crippen molar-refractivity contribution in [1.82, 2.24) is 44.5 Å². The normalized spacial score (nSPS) is 18.2. The zero-order valence-corrected chi connectivity index (χ0v) is 32.5. The van der Waals surface area contributed by atoms with Gasteiger partial charge in [-0.15, -0.1) is 0 Å². The molecule has 2 aliphatic rings. The molecule has 0 saturated carbocycles. The number of aromatic nitrogens is 5. The second kappa shape index (κ2) is 16.1. The topological polar surface area (TPSA) is 117 Å². The molecule has 286 valence electrons. The lowest BCUT2D eigenvalue weighted by Gasteiger charge is -2.31. The smallest absolute Gasteiger partial charge is 0.245 e. The van der Waals surface area contributed by atoms with Crippen LogP contribution in [0.3, 0.4) is 0 Å². The number of imidazole rings is 2. The minimum Gasteiger partial charge on any atom is -0.340 e.